The topological polar surface area (TPSA) is 111 Å². The molecule has 4 heterocycles. The van der Waals surface area contributed by atoms with Gasteiger partial charge in [-0.15, -0.1) is 0 Å². The van der Waals surface area contributed by atoms with Gasteiger partial charge < -0.3 is 19.5 Å². The molecule has 3 aromatic rings. The zero-order valence-electron chi connectivity index (χ0n) is 20.9. The largest absolute Gasteiger partial charge is 0.372 e. The van der Waals surface area contributed by atoms with E-state index in [1.165, 1.54) is 0 Å². The van der Waals surface area contributed by atoms with Gasteiger partial charge in [-0.3, -0.25) is 4.79 Å². The molecule has 3 unspecified atom stereocenters. The molecule has 1 amide bonds. The number of fused-ring (bicyclic) bond motifs is 1. The Morgan fingerprint density at radius 2 is 1.80 bits per heavy atom. The molecule has 10 nitrogen and oxygen atoms in total. The maximum absolute atomic E-state index is 13.8. The number of morpholine rings is 1. The van der Waals surface area contributed by atoms with Gasteiger partial charge in [0.05, 0.1) is 17.8 Å². The number of ether oxygens (including phenoxy) is 1. The fourth-order valence-corrected chi connectivity index (χ4v) is 5.44. The van der Waals surface area contributed by atoms with Gasteiger partial charge in [0.1, 0.15) is 24.0 Å². The van der Waals surface area contributed by atoms with Crippen LogP contribution < -0.4 is 5.32 Å². The highest BCUT2D eigenvalue weighted by Gasteiger charge is 2.37. The maximum atomic E-state index is 13.8. The Kier molecular flexibility index (Phi) is 6.64. The summed E-state index contributed by atoms with van der Waals surface area (Å²) in [6.45, 7) is 9.86. The average Bonchev–Trinajstić information content (AvgIpc) is 3.50. The summed E-state index contributed by atoms with van der Waals surface area (Å²) in [5.41, 5.74) is 2.21. The van der Waals surface area contributed by atoms with Crippen molar-refractivity contribution in [3.05, 3.63) is 24.5 Å². The van der Waals surface area contributed by atoms with Crippen molar-refractivity contribution in [1.82, 2.24) is 34.4 Å². The van der Waals surface area contributed by atoms with Crippen LogP contribution in [-0.2, 0) is 16.1 Å². The van der Waals surface area contributed by atoms with Crippen LogP contribution in [0.5, 0.6) is 0 Å². The lowest BCUT2D eigenvalue weighted by atomic mass is 9.96. The fourth-order valence-electron chi connectivity index (χ4n) is 5.44. The van der Waals surface area contributed by atoms with E-state index in [0.717, 1.165) is 42.7 Å². The van der Waals surface area contributed by atoms with Gasteiger partial charge in [0.15, 0.2) is 17.0 Å². The van der Waals surface area contributed by atoms with Crippen LogP contribution in [0.4, 0.5) is 5.82 Å². The van der Waals surface area contributed by atoms with E-state index in [1.54, 1.807) is 18.7 Å². The number of amides is 1. The van der Waals surface area contributed by atoms with Crippen LogP contribution in [0.1, 0.15) is 52.3 Å². The first-order valence-corrected chi connectivity index (χ1v) is 12.7. The molecule has 1 aliphatic heterocycles. The molecule has 0 spiro atoms. The fraction of sp³-hybridized carbons (Fsp3) is 0.600. The number of hydrogen-bond acceptors (Lipinski definition) is 8. The van der Waals surface area contributed by atoms with E-state index in [0.29, 0.717) is 36.8 Å². The average molecular weight is 479 g/mol. The number of hydrogen-bond donors (Lipinski definition) is 1. The summed E-state index contributed by atoms with van der Waals surface area (Å²) >= 11 is 0. The molecule has 0 aromatic carbocycles. The van der Waals surface area contributed by atoms with Crippen molar-refractivity contribution >= 4 is 22.9 Å². The summed E-state index contributed by atoms with van der Waals surface area (Å²) in [5, 5.41) is 3.53. The van der Waals surface area contributed by atoms with Crippen LogP contribution in [0.15, 0.2) is 18.7 Å². The summed E-state index contributed by atoms with van der Waals surface area (Å²) < 4.78 is 7.90. The quantitative estimate of drug-likeness (QED) is 0.575. The van der Waals surface area contributed by atoms with E-state index in [-0.39, 0.29) is 30.1 Å². The summed E-state index contributed by atoms with van der Waals surface area (Å²) in [7, 11) is 0. The van der Waals surface area contributed by atoms with Gasteiger partial charge in [-0.1, -0.05) is 12.8 Å². The molecular weight excluding hydrogens is 444 g/mol. The molecule has 35 heavy (non-hydrogen) atoms. The molecule has 3 aromatic heterocycles. The predicted molar refractivity (Wildman–Crippen MR) is 133 cm³/mol. The number of carbonyl (C=O) groups is 1. The van der Waals surface area contributed by atoms with Crippen molar-refractivity contribution in [3.8, 4) is 11.4 Å². The maximum Gasteiger partial charge on any atom is 0.245 e. The molecule has 0 bridgehead atoms. The number of rotatable bonds is 6. The molecule has 186 valence electrons. The third kappa shape index (κ3) is 4.71. The number of nitrogens with one attached hydrogen (secondary N) is 1. The Balaban J connectivity index is 1.51. The van der Waals surface area contributed by atoms with Gasteiger partial charge in [0, 0.05) is 32.0 Å². The number of anilines is 1. The molecule has 10 heteroatoms. The number of nitrogens with zero attached hydrogens (tertiary/aromatic N) is 7. The lowest BCUT2D eigenvalue weighted by Gasteiger charge is -2.38. The molecule has 1 saturated heterocycles. The first kappa shape index (κ1) is 23.6. The SMILES string of the molecule is CCn1c(-c2cnc(C)nc2)nc2c(NC(C(=O)N3CC(C)OC(C)C3)C3CCCC3)ncnc21. The Hall–Kier alpha value is -3.14. The Bertz CT molecular complexity index is 1180. The Morgan fingerprint density at radius 3 is 2.46 bits per heavy atom. The highest BCUT2D eigenvalue weighted by atomic mass is 16.5. The van der Waals surface area contributed by atoms with Gasteiger partial charge in [-0.25, -0.2) is 24.9 Å². The van der Waals surface area contributed by atoms with Crippen molar-refractivity contribution in [2.75, 3.05) is 18.4 Å². The highest BCUT2D eigenvalue weighted by molar-refractivity contribution is 5.90. The zero-order valence-corrected chi connectivity index (χ0v) is 20.9. The van der Waals surface area contributed by atoms with Crippen LogP contribution in [-0.4, -0.2) is 71.6 Å². The second-order valence-corrected chi connectivity index (χ2v) is 9.76. The molecular formula is C25H34N8O2. The van der Waals surface area contributed by atoms with Crippen LogP contribution in [0, 0.1) is 12.8 Å². The van der Waals surface area contributed by atoms with Crippen LogP contribution in [0.3, 0.4) is 0 Å². The van der Waals surface area contributed by atoms with Gasteiger partial charge in [0.25, 0.3) is 0 Å². The van der Waals surface area contributed by atoms with Crippen LogP contribution >= 0.6 is 0 Å². The second-order valence-electron chi connectivity index (χ2n) is 9.76. The van der Waals surface area contributed by atoms with Crippen molar-refractivity contribution < 1.29 is 9.53 Å². The van der Waals surface area contributed by atoms with E-state index in [9.17, 15) is 4.79 Å². The van der Waals surface area contributed by atoms with E-state index < -0.39 is 0 Å². The third-order valence-corrected chi connectivity index (χ3v) is 7.05. The highest BCUT2D eigenvalue weighted by Crippen LogP contribution is 2.33. The summed E-state index contributed by atoms with van der Waals surface area (Å²) in [6.07, 6.45) is 9.51. The molecule has 2 fully saturated rings. The van der Waals surface area contributed by atoms with Gasteiger partial charge in [-0.05, 0) is 46.5 Å². The minimum absolute atomic E-state index is 0.0252. The lowest BCUT2D eigenvalue weighted by Crippen LogP contribution is -2.54. The molecule has 1 saturated carbocycles. The van der Waals surface area contributed by atoms with Crippen molar-refractivity contribution in [3.63, 3.8) is 0 Å². The number of aromatic nitrogens is 6. The zero-order chi connectivity index (χ0) is 24.5. The third-order valence-electron chi connectivity index (χ3n) is 7.05. The van der Waals surface area contributed by atoms with Crippen LogP contribution in [0.25, 0.3) is 22.6 Å². The second kappa shape index (κ2) is 9.85. The lowest BCUT2D eigenvalue weighted by molar-refractivity contribution is -0.145. The molecule has 1 N–H and O–H groups in total. The number of aryl methyl sites for hydroxylation is 2. The smallest absolute Gasteiger partial charge is 0.245 e. The van der Waals surface area contributed by atoms with Gasteiger partial charge in [0.2, 0.25) is 5.91 Å². The summed E-state index contributed by atoms with van der Waals surface area (Å²) in [6, 6.07) is -0.356. The first-order chi connectivity index (χ1) is 16.9. The number of carbonyl (C=O) groups excluding carboxylic acids is 1. The van der Waals surface area contributed by atoms with E-state index in [1.807, 2.05) is 30.2 Å². The van der Waals surface area contributed by atoms with E-state index in [2.05, 4.69) is 32.2 Å². The molecule has 5 rings (SSSR count). The summed E-state index contributed by atoms with van der Waals surface area (Å²) in [5.74, 6) is 2.42. The van der Waals surface area contributed by atoms with E-state index >= 15 is 0 Å². The van der Waals surface area contributed by atoms with Crippen molar-refractivity contribution in [2.45, 2.75) is 78.2 Å². The van der Waals surface area contributed by atoms with Gasteiger partial charge >= 0.3 is 0 Å². The minimum Gasteiger partial charge on any atom is -0.372 e. The molecule has 3 atom stereocenters. The summed E-state index contributed by atoms with van der Waals surface area (Å²) in [4.78, 5) is 38.4. The van der Waals surface area contributed by atoms with Gasteiger partial charge in [-0.2, -0.15) is 0 Å². The molecule has 2 aliphatic rings. The number of imidazole rings is 1. The Labute approximate surface area is 205 Å². The monoisotopic (exact) mass is 478 g/mol. The Morgan fingerprint density at radius 1 is 1.11 bits per heavy atom. The first-order valence-electron chi connectivity index (χ1n) is 12.7. The van der Waals surface area contributed by atoms with Crippen molar-refractivity contribution in [1.29, 1.82) is 0 Å². The van der Waals surface area contributed by atoms with Crippen molar-refractivity contribution in [2.24, 2.45) is 5.92 Å². The minimum atomic E-state index is -0.356. The van der Waals surface area contributed by atoms with Crippen LogP contribution in [0.2, 0.25) is 0 Å². The normalized spacial score (nSPS) is 22.0. The standard InChI is InChI=1S/C25H34N8O2/c1-5-33-23(19-10-26-17(4)27-11-19)31-21-22(28-14-29-24(21)33)30-20(18-8-6-7-9-18)25(34)32-12-15(2)35-16(3)13-32/h10-11,14-16,18,20H,5-9,12-13H2,1-4H3,(H,28,29,30). The van der Waals surface area contributed by atoms with E-state index in [4.69, 9.17) is 9.72 Å². The predicted octanol–water partition coefficient (Wildman–Crippen LogP) is 3.22. The molecule has 0 radical (unpaired) electrons. The molecule has 1 aliphatic carbocycles.